The van der Waals surface area contributed by atoms with E-state index in [2.05, 4.69) is 25.0 Å². The van der Waals surface area contributed by atoms with Crippen LogP contribution in [0.15, 0.2) is 102 Å². The molecule has 0 aliphatic heterocycles. The van der Waals surface area contributed by atoms with Crippen LogP contribution in [0.2, 0.25) is 5.02 Å². The standard InChI is InChI=1S/C29H24ClN5O3S/c1-20-9-12-23(18-31-20)38-28-14-11-22(17-26(28)30)35-29-25-16-21(10-13-27(25)32-19-33-29)6-5-15-34-39(36,37)24-7-3-2-4-8-24/h2-14,16-19,34H,15H2,1H3,(H,32,33,35). The molecule has 0 bridgehead atoms. The average molecular weight is 558 g/mol. The minimum Gasteiger partial charge on any atom is -0.454 e. The molecule has 196 valence electrons. The van der Waals surface area contributed by atoms with Gasteiger partial charge < -0.3 is 10.1 Å². The topological polar surface area (TPSA) is 106 Å². The van der Waals surface area contributed by atoms with Crippen molar-refractivity contribution in [2.45, 2.75) is 11.8 Å². The summed E-state index contributed by atoms with van der Waals surface area (Å²) in [5, 5.41) is 4.53. The molecule has 5 rings (SSSR count). The molecule has 0 fully saturated rings. The highest BCUT2D eigenvalue weighted by Gasteiger charge is 2.11. The number of ether oxygens (including phenoxy) is 1. The molecule has 39 heavy (non-hydrogen) atoms. The number of hydrogen-bond acceptors (Lipinski definition) is 7. The second-order valence-electron chi connectivity index (χ2n) is 8.57. The van der Waals surface area contributed by atoms with Crippen molar-refractivity contribution in [2.24, 2.45) is 0 Å². The summed E-state index contributed by atoms with van der Waals surface area (Å²) in [4.78, 5) is 13.2. The molecule has 2 aromatic heterocycles. The van der Waals surface area contributed by atoms with E-state index in [0.29, 0.717) is 22.3 Å². The van der Waals surface area contributed by atoms with Crippen molar-refractivity contribution in [3.8, 4) is 11.5 Å². The monoisotopic (exact) mass is 557 g/mol. The van der Waals surface area contributed by atoms with Crippen LogP contribution in [0.5, 0.6) is 11.5 Å². The third kappa shape index (κ3) is 6.58. The van der Waals surface area contributed by atoms with Gasteiger partial charge in [-0.2, -0.15) is 0 Å². The lowest BCUT2D eigenvalue weighted by Crippen LogP contribution is -2.23. The quantitative estimate of drug-likeness (QED) is 0.213. The van der Waals surface area contributed by atoms with E-state index in [0.717, 1.165) is 27.8 Å². The minimum absolute atomic E-state index is 0.150. The number of fused-ring (bicyclic) bond motifs is 1. The molecule has 10 heteroatoms. The van der Waals surface area contributed by atoms with Crippen molar-refractivity contribution in [1.29, 1.82) is 0 Å². The van der Waals surface area contributed by atoms with Gasteiger partial charge in [-0.25, -0.2) is 23.1 Å². The number of hydrogen-bond donors (Lipinski definition) is 2. The molecule has 0 aliphatic rings. The predicted octanol–water partition coefficient (Wildman–Crippen LogP) is 6.51. The fraction of sp³-hybridized carbons (Fsp3) is 0.0690. The fourth-order valence-corrected chi connectivity index (χ4v) is 4.97. The Labute approximate surface area is 231 Å². The zero-order valence-corrected chi connectivity index (χ0v) is 22.4. The van der Waals surface area contributed by atoms with Gasteiger partial charge in [0.2, 0.25) is 10.0 Å². The Kier molecular flexibility index (Phi) is 7.83. The van der Waals surface area contributed by atoms with Crippen molar-refractivity contribution in [3.63, 3.8) is 0 Å². The van der Waals surface area contributed by atoms with Crippen LogP contribution >= 0.6 is 11.6 Å². The Balaban J connectivity index is 1.30. The molecule has 2 N–H and O–H groups in total. The number of anilines is 2. The number of benzene rings is 3. The van der Waals surface area contributed by atoms with Crippen LogP contribution in [0.25, 0.3) is 17.0 Å². The van der Waals surface area contributed by atoms with E-state index in [4.69, 9.17) is 16.3 Å². The number of rotatable bonds is 9. The summed E-state index contributed by atoms with van der Waals surface area (Å²) < 4.78 is 33.2. The minimum atomic E-state index is -3.57. The van der Waals surface area contributed by atoms with Gasteiger partial charge in [0, 0.05) is 23.3 Å². The van der Waals surface area contributed by atoms with E-state index >= 15 is 0 Å². The first-order valence-corrected chi connectivity index (χ1v) is 13.9. The molecule has 0 saturated heterocycles. The molecule has 0 amide bonds. The van der Waals surface area contributed by atoms with Gasteiger partial charge in [0.05, 0.1) is 21.6 Å². The summed E-state index contributed by atoms with van der Waals surface area (Å²) in [7, 11) is -3.57. The molecule has 8 nitrogen and oxygen atoms in total. The van der Waals surface area contributed by atoms with Crippen LogP contribution in [-0.2, 0) is 10.0 Å². The van der Waals surface area contributed by atoms with Crippen LogP contribution in [0.3, 0.4) is 0 Å². The van der Waals surface area contributed by atoms with Gasteiger partial charge in [-0.3, -0.25) is 4.98 Å². The number of pyridine rings is 1. The van der Waals surface area contributed by atoms with Gasteiger partial charge in [-0.1, -0.05) is 48.0 Å². The Morgan fingerprint density at radius 1 is 0.949 bits per heavy atom. The number of sulfonamides is 1. The van der Waals surface area contributed by atoms with Crippen molar-refractivity contribution >= 4 is 50.1 Å². The number of aromatic nitrogens is 3. The van der Waals surface area contributed by atoms with Crippen molar-refractivity contribution < 1.29 is 13.2 Å². The molecule has 5 aromatic rings. The third-order valence-electron chi connectivity index (χ3n) is 5.72. The zero-order chi connectivity index (χ0) is 27.2. The van der Waals surface area contributed by atoms with E-state index in [-0.39, 0.29) is 11.4 Å². The second kappa shape index (κ2) is 11.6. The van der Waals surface area contributed by atoms with E-state index in [1.54, 1.807) is 54.7 Å². The summed E-state index contributed by atoms with van der Waals surface area (Å²) in [6.45, 7) is 2.06. The number of aryl methyl sites for hydroxylation is 1. The van der Waals surface area contributed by atoms with E-state index in [1.807, 2.05) is 49.4 Å². The maximum absolute atomic E-state index is 12.4. The summed E-state index contributed by atoms with van der Waals surface area (Å²) >= 11 is 6.49. The Bertz CT molecular complexity index is 1750. The summed E-state index contributed by atoms with van der Waals surface area (Å²) in [6, 6.07) is 23.1. The highest BCUT2D eigenvalue weighted by molar-refractivity contribution is 7.89. The average Bonchev–Trinajstić information content (AvgIpc) is 2.94. The van der Waals surface area contributed by atoms with Crippen molar-refractivity contribution in [3.05, 3.63) is 114 Å². The largest absolute Gasteiger partial charge is 0.454 e. The van der Waals surface area contributed by atoms with Crippen LogP contribution in [0, 0.1) is 6.92 Å². The van der Waals surface area contributed by atoms with Crippen LogP contribution in [-0.4, -0.2) is 29.9 Å². The van der Waals surface area contributed by atoms with Crippen LogP contribution in [0.1, 0.15) is 11.3 Å². The predicted molar refractivity (Wildman–Crippen MR) is 154 cm³/mol. The molecule has 2 heterocycles. The molecule has 3 aromatic carbocycles. The van der Waals surface area contributed by atoms with Crippen LogP contribution in [0.4, 0.5) is 11.5 Å². The lowest BCUT2D eigenvalue weighted by molar-refractivity contribution is 0.480. The number of nitrogens with zero attached hydrogens (tertiary/aromatic N) is 3. The normalized spacial score (nSPS) is 11.6. The maximum Gasteiger partial charge on any atom is 0.240 e. The fourth-order valence-electron chi connectivity index (χ4n) is 3.75. The molecular weight excluding hydrogens is 534 g/mol. The third-order valence-corrected chi connectivity index (χ3v) is 7.46. The van der Waals surface area contributed by atoms with Gasteiger partial charge >= 0.3 is 0 Å². The molecular formula is C29H24ClN5O3S. The number of nitrogens with one attached hydrogen (secondary N) is 2. The summed E-state index contributed by atoms with van der Waals surface area (Å²) in [5.41, 5.74) is 3.25. The molecule has 0 unspecified atom stereocenters. The molecule has 0 aliphatic carbocycles. The van der Waals surface area contributed by atoms with E-state index < -0.39 is 10.0 Å². The molecule has 0 spiro atoms. The van der Waals surface area contributed by atoms with Gasteiger partial charge in [-0.05, 0) is 67.1 Å². The first-order chi connectivity index (χ1) is 18.9. The Hall–Kier alpha value is -4.31. The first kappa shape index (κ1) is 26.3. The maximum atomic E-state index is 12.4. The van der Waals surface area contributed by atoms with Crippen molar-refractivity contribution in [1.82, 2.24) is 19.7 Å². The molecule has 0 atom stereocenters. The van der Waals surface area contributed by atoms with Gasteiger partial charge in [-0.15, -0.1) is 0 Å². The lowest BCUT2D eigenvalue weighted by Gasteiger charge is -2.12. The second-order valence-corrected chi connectivity index (χ2v) is 10.7. The van der Waals surface area contributed by atoms with Gasteiger partial charge in [0.1, 0.15) is 23.6 Å². The van der Waals surface area contributed by atoms with Gasteiger partial charge in [0.25, 0.3) is 0 Å². The zero-order valence-electron chi connectivity index (χ0n) is 20.9. The summed E-state index contributed by atoms with van der Waals surface area (Å²) in [5.74, 6) is 1.71. The van der Waals surface area contributed by atoms with Crippen LogP contribution < -0.4 is 14.8 Å². The number of halogens is 1. The Morgan fingerprint density at radius 2 is 1.79 bits per heavy atom. The Morgan fingerprint density at radius 3 is 2.56 bits per heavy atom. The highest BCUT2D eigenvalue weighted by atomic mass is 35.5. The SMILES string of the molecule is Cc1ccc(Oc2ccc(Nc3ncnc4ccc(C=CCNS(=O)(=O)c5ccccc5)cc34)cc2Cl)cn1. The molecule has 0 saturated carbocycles. The smallest absolute Gasteiger partial charge is 0.240 e. The molecule has 0 radical (unpaired) electrons. The highest BCUT2D eigenvalue weighted by Crippen LogP contribution is 2.33. The van der Waals surface area contributed by atoms with E-state index in [1.165, 1.54) is 6.33 Å². The lowest BCUT2D eigenvalue weighted by atomic mass is 10.1. The first-order valence-electron chi connectivity index (χ1n) is 12.0. The summed E-state index contributed by atoms with van der Waals surface area (Å²) in [6.07, 6.45) is 6.73. The van der Waals surface area contributed by atoms with Gasteiger partial charge in [0.15, 0.2) is 0 Å². The van der Waals surface area contributed by atoms with Crippen molar-refractivity contribution in [2.75, 3.05) is 11.9 Å². The van der Waals surface area contributed by atoms with E-state index in [9.17, 15) is 8.42 Å².